The van der Waals surface area contributed by atoms with Crippen LogP contribution in [0.5, 0.6) is 0 Å². The summed E-state index contributed by atoms with van der Waals surface area (Å²) in [6.07, 6.45) is -0.0187. The molecule has 0 amide bonds. The lowest BCUT2D eigenvalue weighted by Crippen LogP contribution is -2.25. The summed E-state index contributed by atoms with van der Waals surface area (Å²) in [6, 6.07) is 0. The third-order valence-electron chi connectivity index (χ3n) is 2.24. The lowest BCUT2D eigenvalue weighted by molar-refractivity contribution is 0.0572. The molecule has 4 heteroatoms. The number of β-amino-alcohol motifs (C(OH)–C–C–N with tert-alkyl or cyclic N) is 2. The van der Waals surface area contributed by atoms with Crippen molar-refractivity contribution in [2.24, 2.45) is 0 Å². The molecule has 0 aromatic carbocycles. The quantitative estimate of drug-likeness (QED) is 0.460. The molecule has 4 nitrogen and oxygen atoms in total. The van der Waals surface area contributed by atoms with E-state index in [1.807, 2.05) is 7.05 Å². The predicted octanol–water partition coefficient (Wildman–Crippen LogP) is -1.37. The largest absolute Gasteiger partial charge is 0.389 e. The molecule has 72 valence electrons. The van der Waals surface area contributed by atoms with Crippen molar-refractivity contribution >= 4 is 0 Å². The van der Waals surface area contributed by atoms with Gasteiger partial charge < -0.3 is 15.5 Å². The summed E-state index contributed by atoms with van der Waals surface area (Å²) in [5.74, 6) is 0. The molecule has 1 aliphatic rings. The van der Waals surface area contributed by atoms with Gasteiger partial charge in [-0.1, -0.05) is 0 Å². The molecule has 2 unspecified atom stereocenters. The van der Waals surface area contributed by atoms with Crippen molar-refractivity contribution in [1.82, 2.24) is 10.2 Å². The number of nitrogens with zero attached hydrogens (tertiary/aromatic N) is 1. The number of rotatable bonds is 4. The van der Waals surface area contributed by atoms with E-state index in [9.17, 15) is 10.2 Å². The zero-order valence-electron chi connectivity index (χ0n) is 7.53. The Kier molecular flexibility index (Phi) is 3.94. The lowest BCUT2D eigenvalue weighted by atomic mass is 10.3. The first-order valence-corrected chi connectivity index (χ1v) is 4.47. The van der Waals surface area contributed by atoms with Gasteiger partial charge in [0, 0.05) is 13.1 Å². The Morgan fingerprint density at radius 2 is 1.92 bits per heavy atom. The van der Waals surface area contributed by atoms with E-state index in [1.165, 1.54) is 0 Å². The van der Waals surface area contributed by atoms with Crippen molar-refractivity contribution in [1.29, 1.82) is 0 Å². The second-order valence-corrected chi connectivity index (χ2v) is 3.35. The van der Waals surface area contributed by atoms with Crippen LogP contribution in [0.1, 0.15) is 6.42 Å². The van der Waals surface area contributed by atoms with Gasteiger partial charge in [0.1, 0.15) is 0 Å². The van der Waals surface area contributed by atoms with Crippen LogP contribution in [0.2, 0.25) is 0 Å². The maximum absolute atomic E-state index is 9.22. The van der Waals surface area contributed by atoms with Crippen molar-refractivity contribution in [3.8, 4) is 0 Å². The number of hydrogen-bond acceptors (Lipinski definition) is 4. The molecule has 2 atom stereocenters. The Balaban J connectivity index is 2.10. The minimum atomic E-state index is -0.542. The van der Waals surface area contributed by atoms with Crippen molar-refractivity contribution in [2.75, 3.05) is 33.2 Å². The van der Waals surface area contributed by atoms with Gasteiger partial charge in [-0.25, -0.2) is 0 Å². The van der Waals surface area contributed by atoms with Gasteiger partial charge in [0.05, 0.1) is 12.2 Å². The summed E-state index contributed by atoms with van der Waals surface area (Å²) >= 11 is 0. The Morgan fingerprint density at radius 1 is 1.33 bits per heavy atom. The standard InChI is InChI=1S/C8H18N2O2/c1-9-3-2-4-10-5-7(11)8(12)6-10/h7-9,11-12H,2-6H2,1H3. The summed E-state index contributed by atoms with van der Waals surface area (Å²) < 4.78 is 0. The average molecular weight is 174 g/mol. The van der Waals surface area contributed by atoms with Gasteiger partial charge in [-0.2, -0.15) is 0 Å². The molecule has 1 saturated heterocycles. The predicted molar refractivity (Wildman–Crippen MR) is 47.0 cm³/mol. The third kappa shape index (κ3) is 2.71. The van der Waals surface area contributed by atoms with Crippen molar-refractivity contribution in [2.45, 2.75) is 18.6 Å². The van der Waals surface area contributed by atoms with Gasteiger partial charge >= 0.3 is 0 Å². The van der Waals surface area contributed by atoms with Gasteiger partial charge in [-0.15, -0.1) is 0 Å². The number of aliphatic hydroxyl groups excluding tert-OH is 2. The first-order valence-electron chi connectivity index (χ1n) is 4.47. The summed E-state index contributed by atoms with van der Waals surface area (Å²) in [6.45, 7) is 3.17. The molecule has 0 spiro atoms. The molecule has 1 aliphatic heterocycles. The monoisotopic (exact) mass is 174 g/mol. The topological polar surface area (TPSA) is 55.7 Å². The van der Waals surface area contributed by atoms with Crippen LogP contribution in [0.4, 0.5) is 0 Å². The first kappa shape index (κ1) is 9.92. The molecule has 0 saturated carbocycles. The maximum atomic E-state index is 9.22. The van der Waals surface area contributed by atoms with E-state index < -0.39 is 12.2 Å². The molecule has 0 aromatic rings. The fourth-order valence-electron chi connectivity index (χ4n) is 1.51. The molecule has 0 aromatic heterocycles. The highest BCUT2D eigenvalue weighted by Crippen LogP contribution is 2.09. The molecular weight excluding hydrogens is 156 g/mol. The van der Waals surface area contributed by atoms with E-state index in [1.54, 1.807) is 0 Å². The average Bonchev–Trinajstić information content (AvgIpc) is 2.32. The second kappa shape index (κ2) is 4.77. The Morgan fingerprint density at radius 3 is 2.42 bits per heavy atom. The molecule has 1 heterocycles. The van der Waals surface area contributed by atoms with Gasteiger partial charge in [-0.3, -0.25) is 4.90 Å². The van der Waals surface area contributed by atoms with Crippen molar-refractivity contribution < 1.29 is 10.2 Å². The number of hydrogen-bond donors (Lipinski definition) is 3. The molecule has 1 fully saturated rings. The molecule has 0 radical (unpaired) electrons. The van der Waals surface area contributed by atoms with Crippen LogP contribution >= 0.6 is 0 Å². The Hall–Kier alpha value is -0.160. The summed E-state index contributed by atoms with van der Waals surface area (Å²) in [7, 11) is 1.92. The molecule has 1 rings (SSSR count). The lowest BCUT2D eigenvalue weighted by Gasteiger charge is -2.13. The summed E-state index contributed by atoms with van der Waals surface area (Å²) in [4.78, 5) is 2.09. The molecular formula is C8H18N2O2. The smallest absolute Gasteiger partial charge is 0.0938 e. The van der Waals surface area contributed by atoms with Crippen molar-refractivity contribution in [3.63, 3.8) is 0 Å². The highest BCUT2D eigenvalue weighted by molar-refractivity contribution is 4.82. The fraction of sp³-hybridized carbons (Fsp3) is 1.00. The second-order valence-electron chi connectivity index (χ2n) is 3.35. The van der Waals surface area contributed by atoms with Crippen LogP contribution in [0.15, 0.2) is 0 Å². The van der Waals surface area contributed by atoms with Crippen LogP contribution in [-0.4, -0.2) is 60.5 Å². The van der Waals surface area contributed by atoms with E-state index in [0.717, 1.165) is 19.5 Å². The Labute approximate surface area is 73.2 Å². The third-order valence-corrected chi connectivity index (χ3v) is 2.24. The van der Waals surface area contributed by atoms with Gasteiger partial charge in [0.15, 0.2) is 0 Å². The highest BCUT2D eigenvalue weighted by Gasteiger charge is 2.28. The van der Waals surface area contributed by atoms with Crippen LogP contribution in [-0.2, 0) is 0 Å². The van der Waals surface area contributed by atoms with Crippen LogP contribution in [0.3, 0.4) is 0 Å². The maximum Gasteiger partial charge on any atom is 0.0938 e. The van der Waals surface area contributed by atoms with Gasteiger partial charge in [0.25, 0.3) is 0 Å². The van der Waals surface area contributed by atoms with Gasteiger partial charge in [-0.05, 0) is 26.6 Å². The van der Waals surface area contributed by atoms with E-state index in [-0.39, 0.29) is 0 Å². The minimum absolute atomic E-state index is 0.542. The number of aliphatic hydroxyl groups is 2. The number of nitrogens with one attached hydrogen (secondary N) is 1. The zero-order chi connectivity index (χ0) is 8.97. The fourth-order valence-corrected chi connectivity index (χ4v) is 1.51. The van der Waals surface area contributed by atoms with E-state index in [4.69, 9.17) is 0 Å². The van der Waals surface area contributed by atoms with Crippen molar-refractivity contribution in [3.05, 3.63) is 0 Å². The van der Waals surface area contributed by atoms with Crippen LogP contribution < -0.4 is 5.32 Å². The number of likely N-dealkylation sites (tertiary alicyclic amines) is 1. The minimum Gasteiger partial charge on any atom is -0.389 e. The molecule has 0 aliphatic carbocycles. The summed E-state index contributed by atoms with van der Waals surface area (Å²) in [5.41, 5.74) is 0. The van der Waals surface area contributed by atoms with E-state index >= 15 is 0 Å². The molecule has 0 bridgehead atoms. The van der Waals surface area contributed by atoms with Crippen LogP contribution in [0.25, 0.3) is 0 Å². The highest BCUT2D eigenvalue weighted by atomic mass is 16.3. The zero-order valence-corrected chi connectivity index (χ0v) is 7.53. The van der Waals surface area contributed by atoms with Gasteiger partial charge in [0.2, 0.25) is 0 Å². The normalized spacial score (nSPS) is 31.2. The molecule has 12 heavy (non-hydrogen) atoms. The first-order chi connectivity index (χ1) is 5.74. The van der Waals surface area contributed by atoms with E-state index in [0.29, 0.717) is 13.1 Å². The molecule has 3 N–H and O–H groups in total. The van der Waals surface area contributed by atoms with Crippen LogP contribution in [0, 0.1) is 0 Å². The summed E-state index contributed by atoms with van der Waals surface area (Å²) in [5, 5.41) is 21.5. The SMILES string of the molecule is CNCCCN1CC(O)C(O)C1. The Bertz CT molecular complexity index is 122. The van der Waals surface area contributed by atoms with E-state index in [2.05, 4.69) is 10.2 Å².